The van der Waals surface area contributed by atoms with Gasteiger partial charge in [0, 0.05) is 21.3 Å². The molecule has 0 saturated heterocycles. The summed E-state index contributed by atoms with van der Waals surface area (Å²) in [6.07, 6.45) is 0. The number of rotatable bonds is 2. The van der Waals surface area contributed by atoms with Crippen molar-refractivity contribution in [2.45, 2.75) is 0 Å². The van der Waals surface area contributed by atoms with E-state index in [-0.39, 0.29) is 11.5 Å². The minimum absolute atomic E-state index is 0.148. The van der Waals surface area contributed by atoms with E-state index in [2.05, 4.69) is 15.9 Å². The van der Waals surface area contributed by atoms with Crippen molar-refractivity contribution < 1.29 is 9.18 Å². The van der Waals surface area contributed by atoms with Crippen LogP contribution in [0.1, 0.15) is 15.9 Å². The van der Waals surface area contributed by atoms with Crippen LogP contribution in [-0.4, -0.2) is 5.78 Å². The van der Waals surface area contributed by atoms with Crippen molar-refractivity contribution in [1.29, 1.82) is 0 Å². The maximum absolute atomic E-state index is 12.9. The highest BCUT2D eigenvalue weighted by Crippen LogP contribution is 2.20. The lowest BCUT2D eigenvalue weighted by Gasteiger charge is -2.05. The molecule has 2 aromatic rings. The van der Waals surface area contributed by atoms with Crippen LogP contribution >= 0.6 is 15.9 Å². The normalized spacial score (nSPS) is 10.2. The second-order valence-electron chi connectivity index (χ2n) is 3.57. The van der Waals surface area contributed by atoms with Gasteiger partial charge in [-0.2, -0.15) is 0 Å². The Morgan fingerprint density at radius 2 is 1.94 bits per heavy atom. The number of ketones is 1. The van der Waals surface area contributed by atoms with Gasteiger partial charge in [0.2, 0.25) is 0 Å². The molecule has 0 saturated carbocycles. The van der Waals surface area contributed by atoms with Crippen LogP contribution in [0.2, 0.25) is 0 Å². The second-order valence-corrected chi connectivity index (χ2v) is 4.49. The molecule has 0 aliphatic rings. The number of carbonyl (C=O) groups is 1. The van der Waals surface area contributed by atoms with Crippen LogP contribution in [0.4, 0.5) is 10.1 Å². The van der Waals surface area contributed by atoms with Crippen LogP contribution in [0.15, 0.2) is 46.9 Å². The minimum atomic E-state index is -0.451. The van der Waals surface area contributed by atoms with Crippen molar-refractivity contribution in [3.8, 4) is 0 Å². The molecule has 0 unspecified atom stereocenters. The minimum Gasteiger partial charge on any atom is -0.398 e. The lowest BCUT2D eigenvalue weighted by atomic mass is 10.0. The van der Waals surface area contributed by atoms with Crippen molar-refractivity contribution in [2.24, 2.45) is 0 Å². The SMILES string of the molecule is Nc1cc(F)ccc1C(=O)c1cccc(Br)c1. The quantitative estimate of drug-likeness (QED) is 0.681. The highest BCUT2D eigenvalue weighted by molar-refractivity contribution is 9.10. The first-order valence-corrected chi connectivity index (χ1v) is 5.72. The van der Waals surface area contributed by atoms with E-state index >= 15 is 0 Å². The summed E-state index contributed by atoms with van der Waals surface area (Å²) in [5.74, 6) is -0.669. The van der Waals surface area contributed by atoms with E-state index in [1.807, 2.05) is 6.07 Å². The van der Waals surface area contributed by atoms with Gasteiger partial charge in [-0.05, 0) is 30.3 Å². The molecule has 2 nitrogen and oxygen atoms in total. The van der Waals surface area contributed by atoms with Crippen LogP contribution in [0.5, 0.6) is 0 Å². The summed E-state index contributed by atoms with van der Waals surface area (Å²) >= 11 is 3.29. The Labute approximate surface area is 106 Å². The molecular formula is C13H9BrFNO. The van der Waals surface area contributed by atoms with Gasteiger partial charge in [-0.1, -0.05) is 28.1 Å². The van der Waals surface area contributed by atoms with Gasteiger partial charge >= 0.3 is 0 Å². The lowest BCUT2D eigenvalue weighted by Crippen LogP contribution is -2.05. The first kappa shape index (κ1) is 11.8. The number of benzene rings is 2. The third-order valence-electron chi connectivity index (χ3n) is 2.35. The average molecular weight is 294 g/mol. The molecule has 4 heteroatoms. The molecule has 0 spiro atoms. The van der Waals surface area contributed by atoms with Gasteiger partial charge in [-0.15, -0.1) is 0 Å². The number of carbonyl (C=O) groups excluding carboxylic acids is 1. The Balaban J connectivity index is 2.44. The van der Waals surface area contributed by atoms with Crippen LogP contribution < -0.4 is 5.73 Å². The van der Waals surface area contributed by atoms with Gasteiger partial charge in [0.25, 0.3) is 0 Å². The van der Waals surface area contributed by atoms with Gasteiger partial charge in [-0.25, -0.2) is 4.39 Å². The molecule has 0 bridgehead atoms. The zero-order valence-corrected chi connectivity index (χ0v) is 10.4. The maximum atomic E-state index is 12.9. The molecule has 0 radical (unpaired) electrons. The summed E-state index contributed by atoms with van der Waals surface area (Å²) in [5, 5.41) is 0. The van der Waals surface area contributed by atoms with E-state index in [0.717, 1.165) is 10.5 Å². The zero-order chi connectivity index (χ0) is 12.4. The van der Waals surface area contributed by atoms with E-state index in [4.69, 9.17) is 5.73 Å². The molecule has 0 aliphatic carbocycles. The summed E-state index contributed by atoms with van der Waals surface area (Å²) in [7, 11) is 0. The van der Waals surface area contributed by atoms with Gasteiger partial charge in [0.1, 0.15) is 5.82 Å². The first-order chi connectivity index (χ1) is 8.08. The predicted octanol–water partition coefficient (Wildman–Crippen LogP) is 3.40. The molecule has 0 aromatic heterocycles. The molecule has 2 N–H and O–H groups in total. The fraction of sp³-hybridized carbons (Fsp3) is 0. The molecular weight excluding hydrogens is 285 g/mol. The van der Waals surface area contributed by atoms with E-state index < -0.39 is 5.82 Å². The third kappa shape index (κ3) is 2.53. The van der Waals surface area contributed by atoms with Crippen LogP contribution in [0, 0.1) is 5.82 Å². The lowest BCUT2D eigenvalue weighted by molar-refractivity contribution is 0.103. The maximum Gasteiger partial charge on any atom is 0.195 e. The molecule has 2 rings (SSSR count). The smallest absolute Gasteiger partial charge is 0.195 e. The highest BCUT2D eigenvalue weighted by Gasteiger charge is 2.12. The third-order valence-corrected chi connectivity index (χ3v) is 2.84. The number of hydrogen-bond donors (Lipinski definition) is 1. The van der Waals surface area contributed by atoms with Gasteiger partial charge in [0.15, 0.2) is 5.78 Å². The standard InChI is InChI=1S/C13H9BrFNO/c14-9-3-1-2-8(6-9)13(17)11-5-4-10(15)7-12(11)16/h1-7H,16H2. The molecule has 0 atom stereocenters. The summed E-state index contributed by atoms with van der Waals surface area (Å²) in [6, 6.07) is 10.7. The van der Waals surface area contributed by atoms with Crippen molar-refractivity contribution >= 4 is 27.4 Å². The number of nitrogen functional groups attached to an aromatic ring is 1. The molecule has 86 valence electrons. The van der Waals surface area contributed by atoms with Gasteiger partial charge in [0.05, 0.1) is 0 Å². The van der Waals surface area contributed by atoms with Crippen molar-refractivity contribution in [1.82, 2.24) is 0 Å². The second kappa shape index (κ2) is 4.67. The summed E-state index contributed by atoms with van der Waals surface area (Å²) in [4.78, 5) is 12.1. The van der Waals surface area contributed by atoms with E-state index in [1.165, 1.54) is 12.1 Å². The number of anilines is 1. The summed E-state index contributed by atoms with van der Waals surface area (Å²) in [5.41, 5.74) is 6.59. The number of nitrogens with two attached hydrogens (primary N) is 1. The molecule has 0 heterocycles. The average Bonchev–Trinajstić information content (AvgIpc) is 2.28. The van der Waals surface area contributed by atoms with Gasteiger partial charge in [-0.3, -0.25) is 4.79 Å². The molecule has 0 aliphatic heterocycles. The van der Waals surface area contributed by atoms with Crippen LogP contribution in [0.25, 0.3) is 0 Å². The van der Waals surface area contributed by atoms with Crippen molar-refractivity contribution in [2.75, 3.05) is 5.73 Å². The Bertz CT molecular complexity index is 583. The number of hydrogen-bond acceptors (Lipinski definition) is 2. The van der Waals surface area contributed by atoms with E-state index in [1.54, 1.807) is 18.2 Å². The zero-order valence-electron chi connectivity index (χ0n) is 8.78. The molecule has 0 fully saturated rings. The molecule has 0 amide bonds. The number of halogens is 2. The molecule has 2 aromatic carbocycles. The predicted molar refractivity (Wildman–Crippen MR) is 68.4 cm³/mol. The van der Waals surface area contributed by atoms with Crippen molar-refractivity contribution in [3.05, 3.63) is 63.9 Å². The topological polar surface area (TPSA) is 43.1 Å². The Morgan fingerprint density at radius 3 is 2.59 bits per heavy atom. The first-order valence-electron chi connectivity index (χ1n) is 4.93. The summed E-state index contributed by atoms with van der Waals surface area (Å²) < 4.78 is 13.7. The fourth-order valence-electron chi connectivity index (χ4n) is 1.53. The fourth-order valence-corrected chi connectivity index (χ4v) is 1.92. The van der Waals surface area contributed by atoms with Crippen LogP contribution in [-0.2, 0) is 0 Å². The van der Waals surface area contributed by atoms with Crippen LogP contribution in [0.3, 0.4) is 0 Å². The Morgan fingerprint density at radius 1 is 1.18 bits per heavy atom. The Hall–Kier alpha value is -1.68. The van der Waals surface area contributed by atoms with E-state index in [9.17, 15) is 9.18 Å². The highest BCUT2D eigenvalue weighted by atomic mass is 79.9. The Kier molecular flexibility index (Phi) is 3.24. The van der Waals surface area contributed by atoms with E-state index in [0.29, 0.717) is 11.1 Å². The van der Waals surface area contributed by atoms with Crippen molar-refractivity contribution in [3.63, 3.8) is 0 Å². The van der Waals surface area contributed by atoms with Gasteiger partial charge < -0.3 is 5.73 Å². The monoisotopic (exact) mass is 293 g/mol. The molecule has 17 heavy (non-hydrogen) atoms. The largest absolute Gasteiger partial charge is 0.398 e. The summed E-state index contributed by atoms with van der Waals surface area (Å²) in [6.45, 7) is 0.